The van der Waals surface area contributed by atoms with Crippen molar-refractivity contribution in [1.82, 2.24) is 4.98 Å². The van der Waals surface area contributed by atoms with E-state index < -0.39 is 15.7 Å². The van der Waals surface area contributed by atoms with E-state index in [0.717, 1.165) is 0 Å². The molecule has 0 spiro atoms. The van der Waals surface area contributed by atoms with E-state index in [4.69, 9.17) is 5.73 Å². The van der Waals surface area contributed by atoms with Gasteiger partial charge in [0, 0.05) is 39.9 Å². The molecule has 1 aromatic rings. The van der Waals surface area contributed by atoms with Crippen LogP contribution in [0.1, 0.15) is 23.7 Å². The molecule has 18 heavy (non-hydrogen) atoms. The van der Waals surface area contributed by atoms with Crippen LogP contribution in [0.4, 0.5) is 5.69 Å². The largest absolute Gasteiger partial charge is 0.329 e. The molecule has 1 heterocycles. The first kappa shape index (κ1) is 14.7. The monoisotopic (exact) mass is 271 g/mol. The molecule has 0 aliphatic rings. The van der Waals surface area contributed by atoms with Crippen LogP contribution in [-0.2, 0) is 16.6 Å². The lowest BCUT2D eigenvalue weighted by molar-refractivity contribution is -0.386. The van der Waals surface area contributed by atoms with Crippen molar-refractivity contribution in [2.75, 3.05) is 6.54 Å². The lowest BCUT2D eigenvalue weighted by Crippen LogP contribution is -2.23. The van der Waals surface area contributed by atoms with Crippen LogP contribution in [0.3, 0.4) is 0 Å². The fourth-order valence-electron chi connectivity index (χ4n) is 1.58. The van der Waals surface area contributed by atoms with E-state index in [1.54, 1.807) is 20.8 Å². The van der Waals surface area contributed by atoms with E-state index in [-0.39, 0.29) is 16.7 Å². The van der Waals surface area contributed by atoms with E-state index in [1.165, 1.54) is 6.20 Å². The number of aryl methyl sites for hydroxylation is 1. The van der Waals surface area contributed by atoms with E-state index in [1.807, 2.05) is 0 Å². The first-order chi connectivity index (χ1) is 8.38. The van der Waals surface area contributed by atoms with Crippen molar-refractivity contribution >= 4 is 16.5 Å². The van der Waals surface area contributed by atoms with Crippen LogP contribution in [0, 0.1) is 24.0 Å². The number of pyridine rings is 1. The topological polar surface area (TPSA) is 99.1 Å². The van der Waals surface area contributed by atoms with Gasteiger partial charge in [-0.1, -0.05) is 0 Å². The molecular formula is C11H17N3O3S. The number of nitro groups is 1. The minimum absolute atomic E-state index is 0.0531. The highest BCUT2D eigenvalue weighted by Gasteiger charge is 2.20. The molecule has 1 aromatic heterocycles. The van der Waals surface area contributed by atoms with Crippen LogP contribution in [0.25, 0.3) is 0 Å². The molecule has 0 aliphatic heterocycles. The Morgan fingerprint density at radius 1 is 1.56 bits per heavy atom. The van der Waals surface area contributed by atoms with Gasteiger partial charge in [0.05, 0.1) is 16.4 Å². The van der Waals surface area contributed by atoms with Crippen molar-refractivity contribution in [2.24, 2.45) is 5.73 Å². The molecule has 0 amide bonds. The summed E-state index contributed by atoms with van der Waals surface area (Å²) in [4.78, 5) is 14.7. The summed E-state index contributed by atoms with van der Waals surface area (Å²) in [6.45, 7) is 5.38. The van der Waals surface area contributed by atoms with Crippen molar-refractivity contribution < 1.29 is 9.13 Å². The molecule has 6 nitrogen and oxygen atoms in total. The molecular weight excluding hydrogens is 254 g/mol. The highest BCUT2D eigenvalue weighted by molar-refractivity contribution is 7.84. The van der Waals surface area contributed by atoms with Gasteiger partial charge in [0.2, 0.25) is 0 Å². The Morgan fingerprint density at radius 2 is 2.17 bits per heavy atom. The van der Waals surface area contributed by atoms with Gasteiger partial charge in [0.15, 0.2) is 0 Å². The maximum Gasteiger partial charge on any atom is 0.278 e. The average Bonchev–Trinajstić information content (AvgIpc) is 2.31. The number of hydrogen-bond donors (Lipinski definition) is 1. The molecule has 0 saturated heterocycles. The normalized spacial score (nSPS) is 14.2. The van der Waals surface area contributed by atoms with Crippen LogP contribution in [-0.4, -0.2) is 25.9 Å². The average molecular weight is 271 g/mol. The van der Waals surface area contributed by atoms with Gasteiger partial charge in [-0.05, 0) is 20.8 Å². The van der Waals surface area contributed by atoms with E-state index in [9.17, 15) is 14.3 Å². The number of nitrogens with zero attached hydrogens (tertiary/aromatic N) is 2. The number of hydrogen-bond acceptors (Lipinski definition) is 5. The van der Waals surface area contributed by atoms with E-state index >= 15 is 0 Å². The minimum atomic E-state index is -1.16. The third kappa shape index (κ3) is 3.11. The van der Waals surface area contributed by atoms with Gasteiger partial charge in [-0.3, -0.25) is 19.3 Å². The third-order valence-corrected chi connectivity index (χ3v) is 4.47. The summed E-state index contributed by atoms with van der Waals surface area (Å²) < 4.78 is 11.9. The molecule has 0 bridgehead atoms. The first-order valence-electron chi connectivity index (χ1n) is 5.55. The second kappa shape index (κ2) is 6.01. The minimum Gasteiger partial charge on any atom is -0.329 e. The second-order valence-electron chi connectivity index (χ2n) is 4.19. The molecule has 2 unspecified atom stereocenters. The Kier molecular flexibility index (Phi) is 4.92. The smallest absolute Gasteiger partial charge is 0.278 e. The lowest BCUT2D eigenvalue weighted by atomic mass is 10.1. The Morgan fingerprint density at radius 3 is 2.67 bits per heavy atom. The second-order valence-corrected chi connectivity index (χ2v) is 6.04. The summed E-state index contributed by atoms with van der Waals surface area (Å²) in [6.07, 6.45) is 1.45. The van der Waals surface area contributed by atoms with Gasteiger partial charge in [-0.2, -0.15) is 0 Å². The number of rotatable bonds is 5. The molecule has 0 aliphatic carbocycles. The molecule has 1 rings (SSSR count). The summed E-state index contributed by atoms with van der Waals surface area (Å²) in [6, 6.07) is 0. The van der Waals surface area contributed by atoms with E-state index in [2.05, 4.69) is 4.98 Å². The zero-order chi connectivity index (χ0) is 13.9. The molecule has 2 atom stereocenters. The zero-order valence-electron chi connectivity index (χ0n) is 10.7. The zero-order valence-corrected chi connectivity index (χ0v) is 11.5. The van der Waals surface area contributed by atoms with Crippen LogP contribution in [0.5, 0.6) is 0 Å². The summed E-state index contributed by atoms with van der Waals surface area (Å²) >= 11 is 0. The van der Waals surface area contributed by atoms with Crippen LogP contribution < -0.4 is 5.73 Å². The fourth-order valence-corrected chi connectivity index (χ4v) is 2.64. The van der Waals surface area contributed by atoms with Crippen LogP contribution in [0.15, 0.2) is 6.20 Å². The van der Waals surface area contributed by atoms with Gasteiger partial charge in [-0.25, -0.2) is 0 Å². The molecule has 0 saturated carbocycles. The predicted molar refractivity (Wildman–Crippen MR) is 70.7 cm³/mol. The molecule has 7 heteroatoms. The van der Waals surface area contributed by atoms with Gasteiger partial charge in [0.1, 0.15) is 0 Å². The molecule has 100 valence electrons. The third-order valence-electron chi connectivity index (χ3n) is 2.82. The summed E-state index contributed by atoms with van der Waals surface area (Å²) in [5.41, 5.74) is 7.00. The number of aromatic nitrogens is 1. The standard InChI is InChI=1S/C11H17N3O3S/c1-7-5-13-10(6-18(17)8(2)4-12)9(3)11(7)14(15)16/h5,8H,4,6,12H2,1-3H3. The SMILES string of the molecule is Cc1cnc(CS(=O)C(C)CN)c(C)c1[N+](=O)[O-]. The van der Waals surface area contributed by atoms with Crippen molar-refractivity contribution in [3.8, 4) is 0 Å². The fraction of sp³-hybridized carbons (Fsp3) is 0.545. The Bertz CT molecular complexity index is 491. The molecule has 0 fully saturated rings. The predicted octanol–water partition coefficient (Wildman–Crippen LogP) is 1.20. The van der Waals surface area contributed by atoms with Crippen LogP contribution in [0.2, 0.25) is 0 Å². The van der Waals surface area contributed by atoms with Gasteiger partial charge >= 0.3 is 0 Å². The highest BCUT2D eigenvalue weighted by Crippen LogP contribution is 2.25. The number of nitrogens with two attached hydrogens (primary N) is 1. The summed E-state index contributed by atoms with van der Waals surface area (Å²) in [7, 11) is -1.16. The Labute approximate surface area is 108 Å². The Hall–Kier alpha value is -1.34. The van der Waals surface area contributed by atoms with Gasteiger partial charge in [0.25, 0.3) is 5.69 Å². The Balaban J connectivity index is 3.09. The summed E-state index contributed by atoms with van der Waals surface area (Å²) in [5, 5.41) is 10.8. The highest BCUT2D eigenvalue weighted by atomic mass is 32.2. The van der Waals surface area contributed by atoms with E-state index in [0.29, 0.717) is 23.4 Å². The quantitative estimate of drug-likeness (QED) is 0.641. The maximum atomic E-state index is 11.9. The van der Waals surface area contributed by atoms with Crippen molar-refractivity contribution in [2.45, 2.75) is 31.8 Å². The molecule has 2 N–H and O–H groups in total. The van der Waals surface area contributed by atoms with Gasteiger partial charge in [-0.15, -0.1) is 0 Å². The molecule has 0 aromatic carbocycles. The van der Waals surface area contributed by atoms with Crippen molar-refractivity contribution in [3.05, 3.63) is 33.1 Å². The van der Waals surface area contributed by atoms with Gasteiger partial charge < -0.3 is 5.73 Å². The molecule has 0 radical (unpaired) electrons. The summed E-state index contributed by atoms with van der Waals surface area (Å²) in [5.74, 6) is 0.200. The first-order valence-corrected chi connectivity index (χ1v) is 6.93. The van der Waals surface area contributed by atoms with Crippen molar-refractivity contribution in [1.29, 1.82) is 0 Å². The lowest BCUT2D eigenvalue weighted by Gasteiger charge is -2.10. The maximum absolute atomic E-state index is 11.9. The van der Waals surface area contributed by atoms with Crippen molar-refractivity contribution in [3.63, 3.8) is 0 Å². The van der Waals surface area contributed by atoms with Crippen LogP contribution >= 0.6 is 0 Å².